The van der Waals surface area contributed by atoms with Gasteiger partial charge >= 0.3 is 0 Å². The Morgan fingerprint density at radius 2 is 1.79 bits per heavy atom. The highest BCUT2D eigenvalue weighted by Gasteiger charge is 2.34. The van der Waals surface area contributed by atoms with Crippen LogP contribution in [0.3, 0.4) is 0 Å². The van der Waals surface area contributed by atoms with Gasteiger partial charge in [-0.05, 0) is 85.5 Å². The van der Waals surface area contributed by atoms with E-state index < -0.39 is 6.10 Å². The fourth-order valence-corrected chi connectivity index (χ4v) is 4.80. The van der Waals surface area contributed by atoms with Crippen molar-refractivity contribution >= 4 is 17.5 Å². The lowest BCUT2D eigenvalue weighted by Gasteiger charge is -2.37. The summed E-state index contributed by atoms with van der Waals surface area (Å²) in [6.07, 6.45) is 1.48. The number of nitrogens with zero attached hydrogens (tertiary/aromatic N) is 1. The number of fused-ring (bicyclic) bond motifs is 1. The number of carbonyl (C=O) groups excluding carboxylic acids is 2. The predicted molar refractivity (Wildman–Crippen MR) is 145 cm³/mol. The van der Waals surface area contributed by atoms with E-state index in [2.05, 4.69) is 11.4 Å². The zero-order chi connectivity index (χ0) is 26.6. The third-order valence-corrected chi connectivity index (χ3v) is 6.74. The number of anilines is 1. The van der Waals surface area contributed by atoms with Crippen LogP contribution in [0.4, 0.5) is 5.69 Å². The molecule has 2 heterocycles. The van der Waals surface area contributed by atoms with Crippen LogP contribution >= 0.6 is 0 Å². The van der Waals surface area contributed by atoms with Crippen LogP contribution in [0.25, 0.3) is 0 Å². The molecule has 0 saturated heterocycles. The zero-order valence-corrected chi connectivity index (χ0v) is 21.6. The lowest BCUT2D eigenvalue weighted by molar-refractivity contribution is -0.122. The average molecular weight is 511 g/mol. The highest BCUT2D eigenvalue weighted by Crippen LogP contribution is 2.38. The van der Waals surface area contributed by atoms with E-state index in [-0.39, 0.29) is 17.9 Å². The molecule has 1 N–H and O–H groups in total. The van der Waals surface area contributed by atoms with E-state index in [1.807, 2.05) is 48.2 Å². The molecule has 4 aromatic rings. The summed E-state index contributed by atoms with van der Waals surface area (Å²) in [6.45, 7) is 4.31. The molecule has 1 aliphatic rings. The second-order valence-electron chi connectivity index (χ2n) is 9.38. The number of rotatable bonds is 7. The number of furan rings is 1. The number of benzene rings is 3. The second kappa shape index (κ2) is 10.8. The lowest BCUT2D eigenvalue weighted by atomic mass is 9.87. The number of amides is 2. The number of aryl methyl sites for hydroxylation is 1. The van der Waals surface area contributed by atoms with E-state index >= 15 is 0 Å². The smallest absolute Gasteiger partial charge is 0.290 e. The summed E-state index contributed by atoms with van der Waals surface area (Å²) >= 11 is 0. The van der Waals surface area contributed by atoms with E-state index in [1.165, 1.54) is 6.26 Å². The van der Waals surface area contributed by atoms with Gasteiger partial charge in [-0.1, -0.05) is 35.9 Å². The third-order valence-electron chi connectivity index (χ3n) is 6.74. The summed E-state index contributed by atoms with van der Waals surface area (Å²) in [5.74, 6) is 1.15. The van der Waals surface area contributed by atoms with Gasteiger partial charge < -0.3 is 24.1 Å². The minimum atomic E-state index is -0.739. The molecule has 0 saturated carbocycles. The van der Waals surface area contributed by atoms with Gasteiger partial charge in [-0.15, -0.1) is 0 Å². The minimum Gasteiger partial charge on any atom is -0.497 e. The summed E-state index contributed by atoms with van der Waals surface area (Å²) in [6, 6.07) is 24.2. The van der Waals surface area contributed by atoms with Crippen molar-refractivity contribution in [3.63, 3.8) is 0 Å². The molecule has 0 bridgehead atoms. The quantitative estimate of drug-likeness (QED) is 0.340. The van der Waals surface area contributed by atoms with Crippen LogP contribution in [0.5, 0.6) is 11.5 Å². The van der Waals surface area contributed by atoms with Crippen LogP contribution in [0.2, 0.25) is 0 Å². The standard InChI is InChI=1S/C31H30N2O5/c1-20-6-4-7-23(18-20)29-27-19-26(38-21(2)30(34)32-24-10-13-25(36-3)14-11-24)12-9-22(27)15-16-33(29)31(35)28-8-5-17-37-28/h4-14,17-19,21,29H,15-16H2,1-3H3,(H,32,34)/t21-,29-/m0/s1. The summed E-state index contributed by atoms with van der Waals surface area (Å²) in [5, 5.41) is 2.87. The Hall–Kier alpha value is -4.52. The first-order chi connectivity index (χ1) is 18.4. The van der Waals surface area contributed by atoms with E-state index in [9.17, 15) is 9.59 Å². The number of methoxy groups -OCH3 is 1. The molecule has 0 fully saturated rings. The van der Waals surface area contributed by atoms with Gasteiger partial charge in [0.2, 0.25) is 0 Å². The summed E-state index contributed by atoms with van der Waals surface area (Å²) in [5.41, 5.74) is 4.89. The molecule has 2 amide bonds. The molecule has 3 aromatic carbocycles. The van der Waals surface area contributed by atoms with E-state index in [1.54, 1.807) is 50.4 Å². The van der Waals surface area contributed by atoms with Crippen LogP contribution in [0.1, 0.15) is 45.8 Å². The first-order valence-electron chi connectivity index (χ1n) is 12.6. The third kappa shape index (κ3) is 5.27. The van der Waals surface area contributed by atoms with Gasteiger partial charge in [0, 0.05) is 12.2 Å². The monoisotopic (exact) mass is 510 g/mol. The van der Waals surface area contributed by atoms with Crippen LogP contribution in [-0.2, 0) is 11.2 Å². The highest BCUT2D eigenvalue weighted by molar-refractivity contribution is 5.94. The van der Waals surface area contributed by atoms with Crippen molar-refractivity contribution in [3.05, 3.63) is 113 Å². The number of nitrogens with one attached hydrogen (secondary N) is 1. The Morgan fingerprint density at radius 3 is 2.50 bits per heavy atom. The first-order valence-corrected chi connectivity index (χ1v) is 12.6. The number of carbonyl (C=O) groups is 2. The summed E-state index contributed by atoms with van der Waals surface area (Å²) < 4.78 is 16.7. The Balaban J connectivity index is 1.41. The van der Waals surface area contributed by atoms with Gasteiger partial charge in [-0.3, -0.25) is 9.59 Å². The normalized spacial score (nSPS) is 15.3. The number of hydrogen-bond donors (Lipinski definition) is 1. The molecule has 1 aromatic heterocycles. The SMILES string of the molecule is COc1ccc(NC(=O)[C@H](C)Oc2ccc3c(c2)[C@H](c2cccc(C)c2)N(C(=O)c2ccco2)CC3)cc1. The van der Waals surface area contributed by atoms with Crippen molar-refractivity contribution in [2.24, 2.45) is 0 Å². The number of ether oxygens (including phenoxy) is 2. The van der Waals surface area contributed by atoms with Gasteiger partial charge in [0.15, 0.2) is 11.9 Å². The van der Waals surface area contributed by atoms with Crippen LogP contribution < -0.4 is 14.8 Å². The maximum atomic E-state index is 13.4. The van der Waals surface area contributed by atoms with E-state index in [0.29, 0.717) is 35.9 Å². The molecular formula is C31H30N2O5. The molecule has 194 valence electrons. The molecule has 0 spiro atoms. The van der Waals surface area contributed by atoms with Crippen LogP contribution in [0, 0.1) is 6.92 Å². The summed E-state index contributed by atoms with van der Waals surface area (Å²) in [4.78, 5) is 28.1. The van der Waals surface area contributed by atoms with E-state index in [4.69, 9.17) is 13.9 Å². The highest BCUT2D eigenvalue weighted by atomic mass is 16.5. The van der Waals surface area contributed by atoms with Crippen molar-refractivity contribution in [2.75, 3.05) is 19.0 Å². The molecule has 38 heavy (non-hydrogen) atoms. The topological polar surface area (TPSA) is 81.0 Å². The fourth-order valence-electron chi connectivity index (χ4n) is 4.80. The molecular weight excluding hydrogens is 480 g/mol. The molecule has 0 radical (unpaired) electrons. The van der Waals surface area contributed by atoms with Gasteiger partial charge in [-0.25, -0.2) is 0 Å². The lowest BCUT2D eigenvalue weighted by Crippen LogP contribution is -2.40. The van der Waals surface area contributed by atoms with Crippen molar-refractivity contribution < 1.29 is 23.5 Å². The maximum absolute atomic E-state index is 13.4. The maximum Gasteiger partial charge on any atom is 0.290 e. The van der Waals surface area contributed by atoms with Crippen molar-refractivity contribution in [3.8, 4) is 11.5 Å². The Morgan fingerprint density at radius 1 is 1.00 bits per heavy atom. The Labute approximate surface area is 222 Å². The van der Waals surface area contributed by atoms with Gasteiger partial charge in [0.25, 0.3) is 11.8 Å². The largest absolute Gasteiger partial charge is 0.497 e. The second-order valence-corrected chi connectivity index (χ2v) is 9.38. The van der Waals surface area contributed by atoms with Crippen molar-refractivity contribution in [1.29, 1.82) is 0 Å². The fraction of sp³-hybridized carbons (Fsp3) is 0.226. The molecule has 5 rings (SSSR count). The van der Waals surface area contributed by atoms with Gasteiger partial charge in [-0.2, -0.15) is 0 Å². The minimum absolute atomic E-state index is 0.161. The van der Waals surface area contributed by atoms with Crippen LogP contribution in [-0.4, -0.2) is 36.5 Å². The van der Waals surface area contributed by atoms with Gasteiger partial charge in [0.05, 0.1) is 19.4 Å². The molecule has 1 aliphatic heterocycles. The Bertz CT molecular complexity index is 1430. The average Bonchev–Trinajstić information content (AvgIpc) is 3.47. The summed E-state index contributed by atoms with van der Waals surface area (Å²) in [7, 11) is 1.59. The molecule has 0 unspecified atom stereocenters. The van der Waals surface area contributed by atoms with Gasteiger partial charge in [0.1, 0.15) is 11.5 Å². The number of hydrogen-bond acceptors (Lipinski definition) is 5. The predicted octanol–water partition coefficient (Wildman–Crippen LogP) is 5.79. The molecule has 7 nitrogen and oxygen atoms in total. The molecule has 0 aliphatic carbocycles. The van der Waals surface area contributed by atoms with Crippen LogP contribution in [0.15, 0.2) is 89.5 Å². The van der Waals surface area contributed by atoms with E-state index in [0.717, 1.165) is 22.3 Å². The van der Waals surface area contributed by atoms with Crippen molar-refractivity contribution in [1.82, 2.24) is 4.90 Å². The first kappa shape index (κ1) is 25.1. The molecule has 2 atom stereocenters. The zero-order valence-electron chi connectivity index (χ0n) is 21.6. The molecule has 7 heteroatoms. The van der Waals surface area contributed by atoms with Crippen molar-refractivity contribution in [2.45, 2.75) is 32.4 Å². The Kier molecular flexibility index (Phi) is 7.18.